The largest absolute Gasteiger partial charge is 0.370 e. The molecule has 0 aliphatic rings. The molecule has 0 aliphatic heterocycles. The zero-order valence-electron chi connectivity index (χ0n) is 5.99. The van der Waals surface area contributed by atoms with Gasteiger partial charge < -0.3 is 9.53 Å². The second-order valence-corrected chi connectivity index (χ2v) is 4.85. The van der Waals surface area contributed by atoms with E-state index in [-0.39, 0.29) is 12.4 Å². The Morgan fingerprint density at radius 1 is 1.64 bits per heavy atom. The third kappa shape index (κ3) is 7.77. The normalized spacial score (nSPS) is 14.4. The number of carbonyl (C=O) groups is 1. The van der Waals surface area contributed by atoms with Crippen LogP contribution in [0.25, 0.3) is 0 Å². The molecule has 4 nitrogen and oxygen atoms in total. The molecule has 0 aliphatic carbocycles. The zero-order valence-corrected chi connectivity index (χ0v) is 7.56. The van der Waals surface area contributed by atoms with Gasteiger partial charge in [0, 0.05) is 10.7 Å². The van der Waals surface area contributed by atoms with E-state index in [2.05, 4.69) is 0 Å². The first-order valence-corrected chi connectivity index (χ1v) is 5.43. The van der Waals surface area contributed by atoms with Crippen molar-refractivity contribution in [2.24, 2.45) is 0 Å². The van der Waals surface area contributed by atoms with Gasteiger partial charge >= 0.3 is 0 Å². The van der Waals surface area contributed by atoms with E-state index in [9.17, 15) is 13.2 Å². The van der Waals surface area contributed by atoms with E-state index in [1.165, 1.54) is 6.92 Å². The van der Waals surface area contributed by atoms with Crippen LogP contribution in [-0.4, -0.2) is 33.2 Å². The van der Waals surface area contributed by atoms with E-state index >= 15 is 0 Å². The second kappa shape index (κ2) is 4.69. The van der Waals surface area contributed by atoms with Gasteiger partial charge in [-0.2, -0.15) is 0 Å². The van der Waals surface area contributed by atoms with Crippen LogP contribution in [0.1, 0.15) is 6.92 Å². The minimum Gasteiger partial charge on any atom is -0.370 e. The minimum absolute atomic E-state index is 0.0499. The molecule has 0 saturated heterocycles. The van der Waals surface area contributed by atoms with E-state index in [1.54, 1.807) is 0 Å². The first-order chi connectivity index (χ1) is 4.95. The van der Waals surface area contributed by atoms with Crippen molar-refractivity contribution in [3.05, 3.63) is 0 Å². The fourth-order valence-electron chi connectivity index (χ4n) is 0.373. The van der Waals surface area contributed by atoms with Crippen LogP contribution < -0.4 is 0 Å². The van der Waals surface area contributed by atoms with E-state index in [0.717, 1.165) is 0 Å². The minimum atomic E-state index is -3.50. The number of halogens is 1. The van der Waals surface area contributed by atoms with Gasteiger partial charge in [0.15, 0.2) is 0 Å². The average Bonchev–Trinajstić information content (AvgIpc) is 1.85. The summed E-state index contributed by atoms with van der Waals surface area (Å²) in [5, 5.41) is 0. The molecule has 0 aromatic rings. The van der Waals surface area contributed by atoms with Crippen molar-refractivity contribution in [2.45, 2.75) is 13.0 Å². The predicted octanol–water partition coefficient (Wildman–Crippen LogP) is 0.159. The molecule has 0 N–H and O–H groups in total. The molecule has 0 radical (unpaired) electrons. The predicted molar refractivity (Wildman–Crippen MR) is 41.1 cm³/mol. The molecule has 0 bridgehead atoms. The Hall–Kier alpha value is -0.130. The van der Waals surface area contributed by atoms with E-state index in [1.807, 2.05) is 0 Å². The number of rotatable bonds is 5. The van der Waals surface area contributed by atoms with Gasteiger partial charge in [0.25, 0.3) is 0 Å². The maximum Gasteiger partial charge on any atom is 0.234 e. The van der Waals surface area contributed by atoms with Crippen LogP contribution in [0, 0.1) is 0 Å². The van der Waals surface area contributed by atoms with Crippen LogP contribution in [-0.2, 0) is 18.6 Å². The van der Waals surface area contributed by atoms with Gasteiger partial charge in [0.1, 0.15) is 12.4 Å². The van der Waals surface area contributed by atoms with Crippen molar-refractivity contribution in [2.75, 3.05) is 12.4 Å². The standard InChI is InChI=1S/C5H9ClO4S/c1-5(4-7)10-2-3-11(6,8)9/h4-5H,2-3H2,1H3. The highest BCUT2D eigenvalue weighted by atomic mass is 35.7. The van der Waals surface area contributed by atoms with Gasteiger partial charge in [-0.1, -0.05) is 0 Å². The Bertz CT molecular complexity index is 211. The molecular weight excluding hydrogens is 192 g/mol. The lowest BCUT2D eigenvalue weighted by Gasteiger charge is -2.03. The molecule has 0 spiro atoms. The molecule has 0 aromatic carbocycles. The van der Waals surface area contributed by atoms with Crippen molar-refractivity contribution in [3.8, 4) is 0 Å². The first kappa shape index (κ1) is 10.9. The van der Waals surface area contributed by atoms with Crippen LogP contribution in [0.4, 0.5) is 0 Å². The summed E-state index contributed by atoms with van der Waals surface area (Å²) in [4.78, 5) is 9.95. The maximum atomic E-state index is 10.3. The highest BCUT2D eigenvalue weighted by Gasteiger charge is 2.06. The molecule has 6 heteroatoms. The Morgan fingerprint density at radius 3 is 2.55 bits per heavy atom. The summed E-state index contributed by atoms with van der Waals surface area (Å²) in [5.74, 6) is -0.271. The van der Waals surface area contributed by atoms with Gasteiger partial charge in [-0.15, -0.1) is 0 Å². The first-order valence-electron chi connectivity index (χ1n) is 2.95. The Morgan fingerprint density at radius 2 is 2.18 bits per heavy atom. The highest BCUT2D eigenvalue weighted by molar-refractivity contribution is 8.13. The maximum absolute atomic E-state index is 10.3. The number of ether oxygens (including phenoxy) is 1. The number of hydrogen-bond acceptors (Lipinski definition) is 4. The molecule has 1 atom stereocenters. The molecule has 1 unspecified atom stereocenters. The average molecular weight is 201 g/mol. The zero-order chi connectivity index (χ0) is 8.91. The van der Waals surface area contributed by atoms with Crippen LogP contribution in [0.5, 0.6) is 0 Å². The highest BCUT2D eigenvalue weighted by Crippen LogP contribution is 1.96. The van der Waals surface area contributed by atoms with E-state index < -0.39 is 15.2 Å². The molecule has 0 amide bonds. The lowest BCUT2D eigenvalue weighted by Crippen LogP contribution is -2.14. The van der Waals surface area contributed by atoms with E-state index in [0.29, 0.717) is 6.29 Å². The summed E-state index contributed by atoms with van der Waals surface area (Å²) < 4.78 is 25.3. The molecular formula is C5H9ClO4S. The van der Waals surface area contributed by atoms with Crippen LogP contribution in [0.3, 0.4) is 0 Å². The third-order valence-electron chi connectivity index (χ3n) is 0.900. The van der Waals surface area contributed by atoms with Crippen molar-refractivity contribution < 1.29 is 17.9 Å². The fourth-order valence-corrected chi connectivity index (χ4v) is 0.857. The summed E-state index contributed by atoms with van der Waals surface area (Å²) in [5.41, 5.74) is 0. The van der Waals surface area contributed by atoms with Crippen molar-refractivity contribution in [1.29, 1.82) is 0 Å². The summed E-state index contributed by atoms with van der Waals surface area (Å²) in [6.07, 6.45) is 0.00864. The Labute approximate surface area is 69.9 Å². The summed E-state index contributed by atoms with van der Waals surface area (Å²) in [7, 11) is 1.37. The molecule has 0 fully saturated rings. The lowest BCUT2D eigenvalue weighted by atomic mass is 10.5. The number of hydrogen-bond donors (Lipinski definition) is 0. The van der Waals surface area contributed by atoms with Gasteiger partial charge in [-0.25, -0.2) is 8.42 Å². The van der Waals surface area contributed by atoms with E-state index in [4.69, 9.17) is 15.4 Å². The summed E-state index contributed by atoms with van der Waals surface area (Å²) >= 11 is 0. The van der Waals surface area contributed by atoms with Gasteiger partial charge in [0.05, 0.1) is 12.4 Å². The van der Waals surface area contributed by atoms with Crippen LogP contribution in [0.15, 0.2) is 0 Å². The smallest absolute Gasteiger partial charge is 0.234 e. The van der Waals surface area contributed by atoms with Crippen molar-refractivity contribution in [1.82, 2.24) is 0 Å². The molecule has 0 heterocycles. The van der Waals surface area contributed by atoms with Gasteiger partial charge in [-0.3, -0.25) is 0 Å². The van der Waals surface area contributed by atoms with Crippen LogP contribution in [0.2, 0.25) is 0 Å². The number of carbonyl (C=O) groups excluding carboxylic acids is 1. The van der Waals surface area contributed by atoms with Crippen molar-refractivity contribution >= 4 is 26.0 Å². The molecule has 0 saturated carbocycles. The SMILES string of the molecule is CC(C=O)OCCS(=O)(=O)Cl. The van der Waals surface area contributed by atoms with Crippen molar-refractivity contribution in [3.63, 3.8) is 0 Å². The van der Waals surface area contributed by atoms with Gasteiger partial charge in [0.2, 0.25) is 9.05 Å². The monoisotopic (exact) mass is 200 g/mol. The number of aldehydes is 1. The topological polar surface area (TPSA) is 60.4 Å². The molecule has 0 aromatic heterocycles. The lowest BCUT2D eigenvalue weighted by molar-refractivity contribution is -0.116. The fraction of sp³-hybridized carbons (Fsp3) is 0.800. The quantitative estimate of drug-likeness (QED) is 0.469. The molecule has 0 rings (SSSR count). The second-order valence-electron chi connectivity index (χ2n) is 1.95. The Balaban J connectivity index is 3.51. The third-order valence-corrected chi connectivity index (χ3v) is 2.02. The molecule has 66 valence electrons. The summed E-state index contributed by atoms with van der Waals surface area (Å²) in [6.45, 7) is 1.47. The van der Waals surface area contributed by atoms with Gasteiger partial charge in [-0.05, 0) is 6.92 Å². The molecule has 11 heavy (non-hydrogen) atoms. The summed E-state index contributed by atoms with van der Waals surface area (Å²) in [6, 6.07) is 0. The van der Waals surface area contributed by atoms with Crippen LogP contribution >= 0.6 is 10.7 Å². The Kier molecular flexibility index (Phi) is 4.63.